The molecule has 1 N–H and O–H groups in total. The van der Waals surface area contributed by atoms with Crippen molar-refractivity contribution in [2.45, 2.75) is 12.8 Å². The van der Waals surface area contributed by atoms with Crippen molar-refractivity contribution in [1.29, 1.82) is 0 Å². The number of carbonyl (C=O) groups is 1. The summed E-state index contributed by atoms with van der Waals surface area (Å²) >= 11 is 0. The lowest BCUT2D eigenvalue weighted by Crippen LogP contribution is -2.38. The number of aromatic nitrogens is 7. The number of amides is 1. The molecule has 4 rings (SSSR count). The topological polar surface area (TPSA) is 119 Å². The Kier molecular flexibility index (Phi) is 7.26. The van der Waals surface area contributed by atoms with E-state index in [-0.39, 0.29) is 5.91 Å². The van der Waals surface area contributed by atoms with Gasteiger partial charge in [-0.3, -0.25) is 4.79 Å². The van der Waals surface area contributed by atoms with Crippen LogP contribution < -0.4 is 21.6 Å². The van der Waals surface area contributed by atoms with Gasteiger partial charge in [0.15, 0.2) is 23.6 Å². The molecule has 0 bridgehead atoms. The number of unbranched alkanes of at least 4 members (excludes halogenated alkanes) is 1. The van der Waals surface area contributed by atoms with Crippen LogP contribution in [0.15, 0.2) is 74.1 Å². The van der Waals surface area contributed by atoms with Crippen LogP contribution in [-0.4, -0.2) is 53.5 Å². The van der Waals surface area contributed by atoms with Crippen molar-refractivity contribution in [2.24, 2.45) is 0 Å². The lowest BCUT2D eigenvalue weighted by Gasteiger charge is -2.23. The molecule has 0 atom stereocenters. The largest absolute Gasteiger partial charge is 0.352 e. The molecule has 4 aromatic rings. The molecule has 4 aromatic heterocycles. The Morgan fingerprint density at radius 2 is 1.36 bits per heavy atom. The first kappa shape index (κ1) is 22.4. The van der Waals surface area contributed by atoms with Crippen molar-refractivity contribution in [3.05, 3.63) is 85.6 Å². The summed E-state index contributed by atoms with van der Waals surface area (Å²) in [5.41, 5.74) is 2.94. The molecule has 4 heterocycles. The molecule has 9 nitrogen and oxygen atoms in total. The third-order valence-electron chi connectivity index (χ3n) is 5.07. The van der Waals surface area contributed by atoms with Crippen molar-refractivity contribution in [1.82, 2.24) is 40.2 Å². The molecule has 11 heteroatoms. The van der Waals surface area contributed by atoms with E-state index >= 15 is 0 Å². The molecule has 166 valence electrons. The summed E-state index contributed by atoms with van der Waals surface area (Å²) < 4.78 is 13.0. The molecule has 0 aliphatic rings. The molecule has 0 spiro atoms. The lowest BCUT2D eigenvalue weighted by molar-refractivity contribution is 0.0952. The predicted molar refractivity (Wildman–Crippen MR) is 123 cm³/mol. The number of pyridine rings is 1. The second-order valence-corrected chi connectivity index (χ2v) is 10.5. The SMILES string of the molecule is O=C(NCCCC[P+](c1ccncn1)(c1ccncn1)c1ccncn1)c1ccc([18F])nc1. The smallest absolute Gasteiger partial charge is 0.252 e. The number of rotatable bonds is 9. The fourth-order valence-corrected chi connectivity index (χ4v) is 7.31. The quantitative estimate of drug-likeness (QED) is 0.223. The number of hydrogen-bond acceptors (Lipinski definition) is 8. The van der Waals surface area contributed by atoms with Crippen molar-refractivity contribution in [3.8, 4) is 0 Å². The van der Waals surface area contributed by atoms with E-state index in [4.69, 9.17) is 0 Å². The van der Waals surface area contributed by atoms with Crippen LogP contribution in [0.5, 0.6) is 0 Å². The number of carbonyl (C=O) groups excluding carboxylic acids is 1. The van der Waals surface area contributed by atoms with E-state index in [1.54, 1.807) is 18.6 Å². The maximum Gasteiger partial charge on any atom is 0.252 e. The standard InChI is InChI=1S/C22H20FN8OP/c23-18-4-3-17(13-28-18)22(32)27-8-1-2-12-33(19-5-9-24-14-29-19,20-6-10-25-15-30-20)21-7-11-26-16-31-21/h3-7,9-11,13-16H,1-2,8,12H2/p+1/i23-1. The molecule has 0 saturated heterocycles. The number of nitrogens with zero attached hydrogens (tertiary/aromatic N) is 7. The lowest BCUT2D eigenvalue weighted by atomic mass is 10.2. The molecule has 0 unspecified atom stereocenters. The Balaban J connectivity index is 1.53. The molecule has 0 radical (unpaired) electrons. The van der Waals surface area contributed by atoms with Gasteiger partial charge in [-0.2, -0.15) is 4.39 Å². The maximum atomic E-state index is 13.0. The van der Waals surface area contributed by atoms with E-state index in [1.807, 2.05) is 18.2 Å². The molecule has 33 heavy (non-hydrogen) atoms. The molecule has 0 saturated carbocycles. The van der Waals surface area contributed by atoms with Gasteiger partial charge in [-0.05, 0) is 25.0 Å². The summed E-state index contributed by atoms with van der Waals surface area (Å²) in [7, 11) is -2.30. The molecule has 0 aliphatic heterocycles. The van der Waals surface area contributed by atoms with Gasteiger partial charge in [-0.15, -0.1) is 0 Å². The highest BCUT2D eigenvalue weighted by atomic mass is 31.2. The number of hydrogen-bond donors (Lipinski definition) is 1. The van der Waals surface area contributed by atoms with Crippen LogP contribution in [0.25, 0.3) is 0 Å². The van der Waals surface area contributed by atoms with E-state index in [0.717, 1.165) is 35.3 Å². The van der Waals surface area contributed by atoms with Gasteiger partial charge in [0.1, 0.15) is 19.0 Å². The van der Waals surface area contributed by atoms with Crippen molar-refractivity contribution >= 4 is 29.5 Å². The summed E-state index contributed by atoms with van der Waals surface area (Å²) in [4.78, 5) is 41.8. The molecule has 0 fully saturated rings. The van der Waals surface area contributed by atoms with Crippen LogP contribution in [0.1, 0.15) is 23.2 Å². The van der Waals surface area contributed by atoms with Crippen LogP contribution in [0.2, 0.25) is 0 Å². The molecule has 1 amide bonds. The fraction of sp³-hybridized carbons (Fsp3) is 0.182. The van der Waals surface area contributed by atoms with Gasteiger partial charge in [-0.1, -0.05) is 0 Å². The Hall–Kier alpha value is -3.78. The third kappa shape index (κ3) is 5.18. The first-order valence-electron chi connectivity index (χ1n) is 10.3. The van der Waals surface area contributed by atoms with Crippen LogP contribution in [0.3, 0.4) is 0 Å². The predicted octanol–water partition coefficient (Wildman–Crippen LogP) is 1.09. The van der Waals surface area contributed by atoms with Gasteiger partial charge < -0.3 is 5.32 Å². The summed E-state index contributed by atoms with van der Waals surface area (Å²) in [5, 5.41) is 2.86. The molecule has 0 aromatic carbocycles. The average Bonchev–Trinajstić information content (AvgIpc) is 2.88. The monoisotopic (exact) mass is 462 g/mol. The van der Waals surface area contributed by atoms with Crippen LogP contribution in [-0.2, 0) is 0 Å². The van der Waals surface area contributed by atoms with E-state index in [0.29, 0.717) is 12.1 Å². The summed E-state index contributed by atoms with van der Waals surface area (Å²) in [6.45, 7) is 0.466. The summed E-state index contributed by atoms with van der Waals surface area (Å²) in [6.07, 6.45) is 13.2. The van der Waals surface area contributed by atoms with Gasteiger partial charge in [0.25, 0.3) is 5.91 Å². The first-order chi connectivity index (χ1) is 16.2. The van der Waals surface area contributed by atoms with Crippen LogP contribution >= 0.6 is 7.26 Å². The van der Waals surface area contributed by atoms with Gasteiger partial charge in [-0.25, -0.2) is 34.9 Å². The van der Waals surface area contributed by atoms with Crippen LogP contribution in [0.4, 0.5) is 4.39 Å². The number of nitrogens with one attached hydrogen (secondary N) is 1. The zero-order valence-corrected chi connectivity index (χ0v) is 18.5. The highest BCUT2D eigenvalue weighted by molar-refractivity contribution is 7.95. The van der Waals surface area contributed by atoms with E-state index in [2.05, 4.69) is 40.2 Å². The zero-order chi connectivity index (χ0) is 22.9. The first-order valence-corrected chi connectivity index (χ1v) is 12.2. The number of halogens is 1. The minimum atomic E-state index is -2.30. The Morgan fingerprint density at radius 3 is 1.82 bits per heavy atom. The van der Waals surface area contributed by atoms with Gasteiger partial charge in [0.05, 0.1) is 11.7 Å². The van der Waals surface area contributed by atoms with E-state index in [9.17, 15) is 9.18 Å². The minimum Gasteiger partial charge on any atom is -0.352 e. The van der Waals surface area contributed by atoms with E-state index in [1.165, 1.54) is 37.3 Å². The highest BCUT2D eigenvalue weighted by Crippen LogP contribution is 2.54. The molecular formula is C22H21FN8OP+. The summed E-state index contributed by atoms with van der Waals surface area (Å²) in [6, 6.07) is 8.29. The third-order valence-corrected chi connectivity index (χ3v) is 9.20. The van der Waals surface area contributed by atoms with Gasteiger partial charge in [0.2, 0.25) is 5.95 Å². The molecule has 0 aliphatic carbocycles. The molecular weight excluding hydrogens is 441 g/mol. The average molecular weight is 462 g/mol. The Labute approximate surface area is 190 Å². The maximum absolute atomic E-state index is 13.0. The minimum absolute atomic E-state index is 0.286. The second-order valence-electron chi connectivity index (χ2n) is 7.07. The Morgan fingerprint density at radius 1 is 0.788 bits per heavy atom. The van der Waals surface area contributed by atoms with E-state index < -0.39 is 13.2 Å². The second kappa shape index (κ2) is 10.7. The zero-order valence-electron chi connectivity index (χ0n) is 17.6. The van der Waals surface area contributed by atoms with Crippen molar-refractivity contribution < 1.29 is 9.18 Å². The van der Waals surface area contributed by atoms with Crippen molar-refractivity contribution in [3.63, 3.8) is 0 Å². The van der Waals surface area contributed by atoms with Crippen LogP contribution in [0, 0.1) is 5.95 Å². The summed E-state index contributed by atoms with van der Waals surface area (Å²) in [5.74, 6) is -0.906. The van der Waals surface area contributed by atoms with Crippen molar-refractivity contribution in [2.75, 3.05) is 12.7 Å². The van der Waals surface area contributed by atoms with Gasteiger partial charge >= 0.3 is 0 Å². The Bertz CT molecular complexity index is 1070. The van der Waals surface area contributed by atoms with Gasteiger partial charge in [0, 0.05) is 49.5 Å². The highest BCUT2D eigenvalue weighted by Gasteiger charge is 2.49. The normalized spacial score (nSPS) is 11.2. The fourth-order valence-electron chi connectivity index (χ4n) is 3.51.